The van der Waals surface area contributed by atoms with E-state index in [1.165, 1.54) is 12.1 Å². The number of rotatable bonds is 4. The molecule has 3 N–H and O–H groups in total. The Morgan fingerprint density at radius 2 is 1.71 bits per heavy atom. The highest BCUT2D eigenvalue weighted by atomic mass is 19.1. The summed E-state index contributed by atoms with van der Waals surface area (Å²) in [6.07, 6.45) is 4.42. The Morgan fingerprint density at radius 3 is 2.29 bits per heavy atom. The molecule has 3 nitrogen and oxygen atoms in total. The predicted molar refractivity (Wildman–Crippen MR) is 76.7 cm³/mol. The van der Waals surface area contributed by atoms with Crippen molar-refractivity contribution < 1.29 is 13.9 Å². The third-order valence-corrected chi connectivity index (χ3v) is 4.87. The minimum absolute atomic E-state index is 0.176. The zero-order valence-electron chi connectivity index (χ0n) is 12.0. The monoisotopic (exact) mass is 296 g/mol. The van der Waals surface area contributed by atoms with E-state index in [9.17, 15) is 13.9 Å². The Hall–Kier alpha value is -1.04. The molecule has 0 aromatic heterocycles. The average molecular weight is 296 g/mol. The maximum Gasteiger partial charge on any atom is 0.126 e. The third kappa shape index (κ3) is 3.25. The predicted octanol–water partition coefficient (Wildman–Crippen LogP) is 2.34. The van der Waals surface area contributed by atoms with Gasteiger partial charge in [-0.3, -0.25) is 4.90 Å². The Morgan fingerprint density at radius 1 is 1.14 bits per heavy atom. The van der Waals surface area contributed by atoms with Gasteiger partial charge in [-0.05, 0) is 49.8 Å². The smallest absolute Gasteiger partial charge is 0.126 e. The molecule has 0 radical (unpaired) electrons. The summed E-state index contributed by atoms with van der Waals surface area (Å²) in [4.78, 5) is 2.42. The quantitative estimate of drug-likeness (QED) is 0.896. The van der Waals surface area contributed by atoms with Gasteiger partial charge in [0.2, 0.25) is 0 Å². The van der Waals surface area contributed by atoms with Gasteiger partial charge in [0, 0.05) is 30.7 Å². The van der Waals surface area contributed by atoms with Gasteiger partial charge in [-0.25, -0.2) is 8.78 Å². The Bertz CT molecular complexity index is 477. The maximum absolute atomic E-state index is 13.2. The van der Waals surface area contributed by atoms with E-state index >= 15 is 0 Å². The molecule has 2 bridgehead atoms. The number of fused-ring (bicyclic) bond motifs is 2. The number of piperidine rings is 1. The lowest BCUT2D eigenvalue weighted by molar-refractivity contribution is 0.0340. The van der Waals surface area contributed by atoms with E-state index in [0.29, 0.717) is 24.1 Å². The van der Waals surface area contributed by atoms with Crippen LogP contribution >= 0.6 is 0 Å². The van der Waals surface area contributed by atoms with Crippen LogP contribution in [0.3, 0.4) is 0 Å². The van der Waals surface area contributed by atoms with Crippen LogP contribution in [-0.4, -0.2) is 34.7 Å². The molecular formula is C16H22F2N2O. The molecule has 21 heavy (non-hydrogen) atoms. The van der Waals surface area contributed by atoms with Gasteiger partial charge in [-0.15, -0.1) is 0 Å². The molecule has 3 unspecified atom stereocenters. The third-order valence-electron chi connectivity index (χ3n) is 4.87. The molecular weight excluding hydrogens is 274 g/mol. The average Bonchev–Trinajstić information content (AvgIpc) is 2.65. The van der Waals surface area contributed by atoms with Gasteiger partial charge in [0.25, 0.3) is 0 Å². The minimum Gasteiger partial charge on any atom is -0.393 e. The van der Waals surface area contributed by atoms with Crippen molar-refractivity contribution in [2.75, 3.05) is 6.54 Å². The minimum atomic E-state index is -0.582. The molecule has 116 valence electrons. The molecule has 0 saturated carbocycles. The van der Waals surface area contributed by atoms with E-state index in [-0.39, 0.29) is 12.1 Å². The lowest BCUT2D eigenvalue weighted by atomic mass is 9.98. The number of halogens is 2. The molecule has 2 heterocycles. The number of aliphatic hydroxyl groups is 1. The van der Waals surface area contributed by atoms with Crippen molar-refractivity contribution in [3.05, 3.63) is 35.4 Å². The highest BCUT2D eigenvalue weighted by molar-refractivity contribution is 5.21. The molecule has 3 atom stereocenters. The van der Waals surface area contributed by atoms with E-state index in [0.717, 1.165) is 38.3 Å². The lowest BCUT2D eigenvalue weighted by Crippen LogP contribution is -2.45. The molecule has 0 aliphatic carbocycles. The second-order valence-electron chi connectivity index (χ2n) is 6.35. The van der Waals surface area contributed by atoms with Gasteiger partial charge in [-0.1, -0.05) is 0 Å². The van der Waals surface area contributed by atoms with Crippen molar-refractivity contribution in [3.63, 3.8) is 0 Å². The van der Waals surface area contributed by atoms with Crippen molar-refractivity contribution in [3.8, 4) is 0 Å². The van der Waals surface area contributed by atoms with Crippen molar-refractivity contribution in [1.82, 2.24) is 4.90 Å². The number of aliphatic hydroxyl groups excluding tert-OH is 1. The van der Waals surface area contributed by atoms with Crippen LogP contribution in [-0.2, 0) is 0 Å². The first kappa shape index (κ1) is 14.9. The van der Waals surface area contributed by atoms with Crippen molar-refractivity contribution >= 4 is 0 Å². The molecule has 1 aromatic carbocycles. The maximum atomic E-state index is 13.2. The SMILES string of the molecule is NC(CCN1C2CCC1CC(O)C2)c1cc(F)cc(F)c1. The molecule has 2 fully saturated rings. The van der Waals surface area contributed by atoms with Gasteiger partial charge >= 0.3 is 0 Å². The summed E-state index contributed by atoms with van der Waals surface area (Å²) in [6.45, 7) is 0.821. The van der Waals surface area contributed by atoms with Gasteiger partial charge in [0.15, 0.2) is 0 Å². The molecule has 2 aliphatic heterocycles. The van der Waals surface area contributed by atoms with Crippen LogP contribution in [0.1, 0.15) is 43.7 Å². The summed E-state index contributed by atoms with van der Waals surface area (Å²) in [7, 11) is 0. The molecule has 0 amide bonds. The summed E-state index contributed by atoms with van der Waals surface area (Å²) in [5.74, 6) is -1.16. The summed E-state index contributed by atoms with van der Waals surface area (Å²) in [5.41, 5.74) is 6.59. The number of hydrogen-bond acceptors (Lipinski definition) is 3. The van der Waals surface area contributed by atoms with Crippen LogP contribution in [0.5, 0.6) is 0 Å². The summed E-state index contributed by atoms with van der Waals surface area (Å²) >= 11 is 0. The standard InChI is InChI=1S/C16H22F2N2O/c17-11-5-10(6-12(18)7-11)16(19)3-4-20-13-1-2-14(20)9-15(21)8-13/h5-7,13-16,21H,1-4,8-9,19H2. The topological polar surface area (TPSA) is 49.5 Å². The largest absolute Gasteiger partial charge is 0.393 e. The first-order valence-electron chi connectivity index (χ1n) is 7.68. The highest BCUT2D eigenvalue weighted by Crippen LogP contribution is 2.36. The molecule has 2 aliphatic rings. The Balaban J connectivity index is 1.60. The number of nitrogens with two attached hydrogens (primary N) is 1. The van der Waals surface area contributed by atoms with Crippen molar-refractivity contribution in [1.29, 1.82) is 0 Å². The second-order valence-corrected chi connectivity index (χ2v) is 6.35. The van der Waals surface area contributed by atoms with E-state index in [1.54, 1.807) is 0 Å². The van der Waals surface area contributed by atoms with E-state index in [4.69, 9.17) is 5.73 Å². The van der Waals surface area contributed by atoms with Crippen molar-refractivity contribution in [2.24, 2.45) is 5.73 Å². The molecule has 0 spiro atoms. The van der Waals surface area contributed by atoms with Crippen LogP contribution in [0.2, 0.25) is 0 Å². The summed E-state index contributed by atoms with van der Waals surface area (Å²) in [5, 5.41) is 9.79. The van der Waals surface area contributed by atoms with Crippen LogP contribution in [0.4, 0.5) is 8.78 Å². The van der Waals surface area contributed by atoms with E-state index in [1.807, 2.05) is 0 Å². The molecule has 2 saturated heterocycles. The first-order valence-corrected chi connectivity index (χ1v) is 7.68. The lowest BCUT2D eigenvalue weighted by Gasteiger charge is -2.37. The number of nitrogens with zero attached hydrogens (tertiary/aromatic N) is 1. The zero-order chi connectivity index (χ0) is 15.0. The fourth-order valence-corrected chi connectivity index (χ4v) is 3.85. The zero-order valence-corrected chi connectivity index (χ0v) is 12.0. The first-order chi connectivity index (χ1) is 10.0. The van der Waals surface area contributed by atoms with Gasteiger partial charge < -0.3 is 10.8 Å². The van der Waals surface area contributed by atoms with Gasteiger partial charge in [0.1, 0.15) is 11.6 Å². The molecule has 1 aromatic rings. The van der Waals surface area contributed by atoms with Crippen LogP contribution in [0, 0.1) is 11.6 Å². The Kier molecular flexibility index (Phi) is 4.24. The molecule has 3 rings (SSSR count). The highest BCUT2D eigenvalue weighted by Gasteiger charge is 2.39. The molecule has 5 heteroatoms. The van der Waals surface area contributed by atoms with E-state index < -0.39 is 11.6 Å². The number of hydrogen-bond donors (Lipinski definition) is 2. The van der Waals surface area contributed by atoms with E-state index in [2.05, 4.69) is 4.90 Å². The normalized spacial score (nSPS) is 30.6. The van der Waals surface area contributed by atoms with Gasteiger partial charge in [0.05, 0.1) is 6.10 Å². The van der Waals surface area contributed by atoms with Crippen LogP contribution in [0.15, 0.2) is 18.2 Å². The second kappa shape index (κ2) is 5.99. The van der Waals surface area contributed by atoms with Crippen molar-refractivity contribution in [2.45, 2.75) is 56.3 Å². The van der Waals surface area contributed by atoms with Crippen LogP contribution < -0.4 is 5.73 Å². The van der Waals surface area contributed by atoms with Crippen LogP contribution in [0.25, 0.3) is 0 Å². The fourth-order valence-electron chi connectivity index (χ4n) is 3.85. The fraction of sp³-hybridized carbons (Fsp3) is 0.625. The Labute approximate surface area is 123 Å². The summed E-state index contributed by atoms with van der Waals surface area (Å²) in [6, 6.07) is 4.00. The van der Waals surface area contributed by atoms with Gasteiger partial charge in [-0.2, -0.15) is 0 Å². The number of benzene rings is 1. The summed E-state index contributed by atoms with van der Waals surface area (Å²) < 4.78 is 26.5.